The van der Waals surface area contributed by atoms with Crippen LogP contribution in [0, 0.1) is 5.92 Å². The molecule has 2 N–H and O–H groups in total. The van der Waals surface area contributed by atoms with Crippen LogP contribution in [0.15, 0.2) is 48.5 Å². The maximum atomic E-state index is 14.2. The van der Waals surface area contributed by atoms with Crippen LogP contribution in [-0.2, 0) is 20.7 Å². The second kappa shape index (κ2) is 17.3. The van der Waals surface area contributed by atoms with Gasteiger partial charge in [0.05, 0.1) is 43.3 Å². The Kier molecular flexibility index (Phi) is 13.9. The first-order chi connectivity index (χ1) is 21.8. The van der Waals surface area contributed by atoms with Crippen LogP contribution in [0.4, 0.5) is 18.9 Å². The standard InChI is InChI=1S/C34H46F3N3O6/c1-23-20-40(24(2)22-41)33(44)28-19-27(38-31(42)15-16-34(35,36)37)13-14-29(28)46-25(3)10-8-9-17-45-30(23)21-39(4)32(43)18-26-11-6-5-7-12-26/h5-7,11-14,19,23-25,30,41H,8-10,15-18,20-22H2,1-4H3,(H,38,42)/t23-,24-,25+,30+/m0/s1. The molecule has 0 fully saturated rings. The molecule has 3 amide bonds. The number of nitrogens with one attached hydrogen (secondary N) is 1. The van der Waals surface area contributed by atoms with Gasteiger partial charge in [-0.2, -0.15) is 13.2 Å². The van der Waals surface area contributed by atoms with E-state index in [1.165, 1.54) is 23.1 Å². The van der Waals surface area contributed by atoms with E-state index in [2.05, 4.69) is 5.32 Å². The van der Waals surface area contributed by atoms with Gasteiger partial charge in [0, 0.05) is 44.8 Å². The van der Waals surface area contributed by atoms with E-state index >= 15 is 0 Å². The summed E-state index contributed by atoms with van der Waals surface area (Å²) in [4.78, 5) is 42.6. The van der Waals surface area contributed by atoms with Gasteiger partial charge in [0.1, 0.15) is 5.75 Å². The number of alkyl halides is 3. The summed E-state index contributed by atoms with van der Waals surface area (Å²) in [6.45, 7) is 6.09. The van der Waals surface area contributed by atoms with Crippen molar-refractivity contribution in [3.05, 3.63) is 59.7 Å². The molecule has 0 saturated heterocycles. The summed E-state index contributed by atoms with van der Waals surface area (Å²) >= 11 is 0. The van der Waals surface area contributed by atoms with Gasteiger partial charge in [0.25, 0.3) is 5.91 Å². The van der Waals surface area contributed by atoms with Gasteiger partial charge in [0.15, 0.2) is 0 Å². The molecule has 0 aliphatic carbocycles. The number of hydrogen-bond acceptors (Lipinski definition) is 6. The van der Waals surface area contributed by atoms with E-state index in [1.807, 2.05) is 44.2 Å². The van der Waals surface area contributed by atoms with Crippen LogP contribution in [0.25, 0.3) is 0 Å². The number of likely N-dealkylation sites (N-methyl/N-ethyl adjacent to an activating group) is 1. The first kappa shape index (κ1) is 36.8. The molecule has 0 saturated carbocycles. The summed E-state index contributed by atoms with van der Waals surface area (Å²) in [6.07, 6.45) is -4.73. The number of carbonyl (C=O) groups is 3. The van der Waals surface area contributed by atoms with Crippen LogP contribution >= 0.6 is 0 Å². The zero-order valence-corrected chi connectivity index (χ0v) is 27.0. The van der Waals surface area contributed by atoms with E-state index < -0.39 is 43.0 Å². The molecule has 9 nitrogen and oxygen atoms in total. The summed E-state index contributed by atoms with van der Waals surface area (Å²) in [5, 5.41) is 12.6. The lowest BCUT2D eigenvalue weighted by atomic mass is 10.0. The van der Waals surface area contributed by atoms with Crippen LogP contribution in [0.2, 0.25) is 0 Å². The third-order valence-electron chi connectivity index (χ3n) is 8.05. The van der Waals surface area contributed by atoms with Crippen molar-refractivity contribution in [1.82, 2.24) is 9.80 Å². The van der Waals surface area contributed by atoms with E-state index in [9.17, 15) is 32.7 Å². The fraction of sp³-hybridized carbons (Fsp3) is 0.559. The number of nitrogens with zero attached hydrogens (tertiary/aromatic N) is 2. The number of halogens is 3. The lowest BCUT2D eigenvalue weighted by molar-refractivity contribution is -0.142. The Hall–Kier alpha value is -3.64. The molecule has 2 aromatic carbocycles. The van der Waals surface area contributed by atoms with E-state index in [1.54, 1.807) is 18.9 Å². The summed E-state index contributed by atoms with van der Waals surface area (Å²) in [5.41, 5.74) is 1.16. The number of ether oxygens (including phenoxy) is 2. The second-order valence-corrected chi connectivity index (χ2v) is 12.1. The molecule has 0 spiro atoms. The fourth-order valence-corrected chi connectivity index (χ4v) is 5.22. The highest BCUT2D eigenvalue weighted by Gasteiger charge is 2.31. The summed E-state index contributed by atoms with van der Waals surface area (Å²) in [7, 11) is 1.73. The highest BCUT2D eigenvalue weighted by Crippen LogP contribution is 2.29. The van der Waals surface area contributed by atoms with Gasteiger partial charge < -0.3 is 29.7 Å². The zero-order valence-electron chi connectivity index (χ0n) is 27.0. The highest BCUT2D eigenvalue weighted by atomic mass is 19.4. The first-order valence-corrected chi connectivity index (χ1v) is 15.8. The van der Waals surface area contributed by atoms with Gasteiger partial charge in [-0.1, -0.05) is 37.3 Å². The van der Waals surface area contributed by atoms with E-state index in [4.69, 9.17) is 9.47 Å². The molecule has 0 aromatic heterocycles. The molecule has 1 heterocycles. The van der Waals surface area contributed by atoms with E-state index in [0.29, 0.717) is 19.6 Å². The van der Waals surface area contributed by atoms with E-state index in [0.717, 1.165) is 18.4 Å². The third kappa shape index (κ3) is 11.6. The average molecular weight is 650 g/mol. The van der Waals surface area contributed by atoms with Gasteiger partial charge in [-0.3, -0.25) is 14.4 Å². The Labute approximate surface area is 269 Å². The molecule has 254 valence electrons. The molecule has 3 rings (SSSR count). The quantitative estimate of drug-likeness (QED) is 0.374. The molecule has 2 aromatic rings. The molecule has 1 aliphatic heterocycles. The molecular formula is C34H46F3N3O6. The van der Waals surface area contributed by atoms with Gasteiger partial charge in [0.2, 0.25) is 11.8 Å². The lowest BCUT2D eigenvalue weighted by Gasteiger charge is -2.36. The lowest BCUT2D eigenvalue weighted by Crippen LogP contribution is -2.48. The molecule has 12 heteroatoms. The number of hydrogen-bond donors (Lipinski definition) is 2. The van der Waals surface area contributed by atoms with Crippen molar-refractivity contribution in [3.63, 3.8) is 0 Å². The maximum Gasteiger partial charge on any atom is 0.389 e. The molecule has 0 bridgehead atoms. The zero-order chi connectivity index (χ0) is 33.9. The Morgan fingerprint density at radius 1 is 1.13 bits per heavy atom. The monoisotopic (exact) mass is 649 g/mol. The number of amides is 3. The van der Waals surface area contributed by atoms with Gasteiger partial charge >= 0.3 is 6.18 Å². The molecule has 46 heavy (non-hydrogen) atoms. The minimum Gasteiger partial charge on any atom is -0.490 e. The number of benzene rings is 2. The van der Waals surface area contributed by atoms with Crippen LogP contribution in [-0.4, -0.2) is 90.4 Å². The number of aliphatic hydroxyl groups is 1. The molecule has 0 radical (unpaired) electrons. The number of fused-ring (bicyclic) bond motifs is 1. The van der Waals surface area contributed by atoms with Crippen molar-refractivity contribution in [3.8, 4) is 5.75 Å². The Morgan fingerprint density at radius 3 is 2.52 bits per heavy atom. The number of anilines is 1. The SMILES string of the molecule is C[C@@H]1CCCCO[C@H](CN(C)C(=O)Cc2ccccc2)[C@@H](C)CN([C@@H](C)CO)C(=O)c2cc(NC(=O)CCC(F)(F)F)ccc2O1. The maximum absolute atomic E-state index is 14.2. The van der Waals surface area contributed by atoms with Gasteiger partial charge in [-0.05, 0) is 56.9 Å². The van der Waals surface area contributed by atoms with Gasteiger partial charge in [-0.15, -0.1) is 0 Å². The van der Waals surface area contributed by atoms with Crippen molar-refractivity contribution in [2.75, 3.05) is 38.7 Å². The van der Waals surface area contributed by atoms with Crippen LogP contribution in [0.1, 0.15) is 68.8 Å². The topological polar surface area (TPSA) is 108 Å². The average Bonchev–Trinajstić information content (AvgIpc) is 3.01. The van der Waals surface area contributed by atoms with Gasteiger partial charge in [-0.25, -0.2) is 0 Å². The number of rotatable bonds is 9. The Morgan fingerprint density at radius 2 is 1.85 bits per heavy atom. The smallest absolute Gasteiger partial charge is 0.389 e. The van der Waals surface area contributed by atoms with Crippen LogP contribution in [0.5, 0.6) is 5.75 Å². The Bertz CT molecular complexity index is 1290. The minimum absolute atomic E-state index is 0.0669. The summed E-state index contributed by atoms with van der Waals surface area (Å²) < 4.78 is 50.4. The largest absolute Gasteiger partial charge is 0.490 e. The molecule has 4 atom stereocenters. The summed E-state index contributed by atoms with van der Waals surface area (Å²) in [5.74, 6) is -1.37. The van der Waals surface area contributed by atoms with Crippen LogP contribution < -0.4 is 10.1 Å². The highest BCUT2D eigenvalue weighted by molar-refractivity contribution is 5.99. The third-order valence-corrected chi connectivity index (χ3v) is 8.05. The number of carbonyl (C=O) groups excluding carboxylic acids is 3. The van der Waals surface area contributed by atoms with Crippen molar-refractivity contribution in [1.29, 1.82) is 0 Å². The predicted octanol–water partition coefficient (Wildman–Crippen LogP) is 5.46. The van der Waals surface area contributed by atoms with Crippen molar-refractivity contribution in [2.24, 2.45) is 5.92 Å². The molecule has 0 unspecified atom stereocenters. The van der Waals surface area contributed by atoms with Crippen molar-refractivity contribution >= 4 is 23.4 Å². The molecule has 1 aliphatic rings. The second-order valence-electron chi connectivity index (χ2n) is 12.1. The number of aliphatic hydroxyl groups excluding tert-OH is 1. The van der Waals surface area contributed by atoms with E-state index in [-0.39, 0.29) is 54.5 Å². The fourth-order valence-electron chi connectivity index (χ4n) is 5.22. The van der Waals surface area contributed by atoms with Crippen molar-refractivity contribution in [2.45, 2.75) is 83.7 Å². The van der Waals surface area contributed by atoms with Crippen molar-refractivity contribution < 1.29 is 42.1 Å². The Balaban J connectivity index is 1.88. The first-order valence-electron chi connectivity index (χ1n) is 15.8. The normalized spacial score (nSPS) is 20.6. The summed E-state index contributed by atoms with van der Waals surface area (Å²) in [6, 6.07) is 13.2. The predicted molar refractivity (Wildman–Crippen MR) is 169 cm³/mol. The molecular weight excluding hydrogens is 603 g/mol. The van der Waals surface area contributed by atoms with Crippen LogP contribution in [0.3, 0.4) is 0 Å². The minimum atomic E-state index is -4.47.